The molecule has 114 valence electrons. The second kappa shape index (κ2) is 5.60. The molecule has 8 heteroatoms. The quantitative estimate of drug-likeness (QED) is 0.619. The third kappa shape index (κ3) is 2.76. The van der Waals surface area contributed by atoms with Crippen molar-refractivity contribution in [2.45, 2.75) is 6.54 Å². The SMILES string of the molecule is O=C(Cn1nnc2ccccc21)Nc1nc2ccc(Cl)cc2s1. The number of anilines is 1. The van der Waals surface area contributed by atoms with Crippen LogP contribution in [0, 0.1) is 0 Å². The number of hydrogen-bond donors (Lipinski definition) is 1. The molecule has 0 aliphatic heterocycles. The van der Waals surface area contributed by atoms with E-state index in [9.17, 15) is 4.79 Å². The number of rotatable bonds is 3. The van der Waals surface area contributed by atoms with Gasteiger partial charge in [-0.1, -0.05) is 40.3 Å². The molecular weight excluding hydrogens is 334 g/mol. The van der Waals surface area contributed by atoms with Gasteiger partial charge in [0.1, 0.15) is 12.1 Å². The molecule has 4 rings (SSSR count). The average molecular weight is 344 g/mol. The van der Waals surface area contributed by atoms with Crippen molar-refractivity contribution in [1.82, 2.24) is 20.0 Å². The smallest absolute Gasteiger partial charge is 0.247 e. The molecule has 0 aliphatic carbocycles. The Balaban J connectivity index is 1.54. The maximum atomic E-state index is 12.2. The van der Waals surface area contributed by atoms with E-state index in [0.29, 0.717) is 10.2 Å². The number of aromatic nitrogens is 4. The number of benzene rings is 2. The Bertz CT molecular complexity index is 1020. The molecule has 2 aromatic carbocycles. The van der Waals surface area contributed by atoms with Gasteiger partial charge in [-0.2, -0.15) is 0 Å². The monoisotopic (exact) mass is 343 g/mol. The molecule has 0 atom stereocenters. The first-order valence-electron chi connectivity index (χ1n) is 6.83. The van der Waals surface area contributed by atoms with Gasteiger partial charge in [0.2, 0.25) is 5.91 Å². The van der Waals surface area contributed by atoms with Crippen LogP contribution in [0.1, 0.15) is 0 Å². The van der Waals surface area contributed by atoms with Crippen LogP contribution in [0.2, 0.25) is 5.02 Å². The number of hydrogen-bond acceptors (Lipinski definition) is 5. The van der Waals surface area contributed by atoms with E-state index >= 15 is 0 Å². The van der Waals surface area contributed by atoms with E-state index in [4.69, 9.17) is 11.6 Å². The number of carbonyl (C=O) groups excluding carboxylic acids is 1. The van der Waals surface area contributed by atoms with Crippen LogP contribution in [-0.2, 0) is 11.3 Å². The van der Waals surface area contributed by atoms with Gasteiger partial charge in [-0.05, 0) is 30.3 Å². The molecule has 0 unspecified atom stereocenters. The van der Waals surface area contributed by atoms with Crippen molar-refractivity contribution in [2.24, 2.45) is 0 Å². The van der Waals surface area contributed by atoms with Crippen molar-refractivity contribution in [1.29, 1.82) is 0 Å². The molecule has 1 N–H and O–H groups in total. The van der Waals surface area contributed by atoms with Crippen molar-refractivity contribution in [3.05, 3.63) is 47.5 Å². The Morgan fingerprint density at radius 1 is 1.22 bits per heavy atom. The van der Waals surface area contributed by atoms with Crippen molar-refractivity contribution < 1.29 is 4.79 Å². The zero-order valence-corrected chi connectivity index (χ0v) is 13.3. The fourth-order valence-electron chi connectivity index (χ4n) is 2.28. The second-order valence-electron chi connectivity index (χ2n) is 4.92. The molecule has 2 aromatic heterocycles. The van der Waals surface area contributed by atoms with Gasteiger partial charge in [-0.3, -0.25) is 4.79 Å². The maximum Gasteiger partial charge on any atom is 0.247 e. The summed E-state index contributed by atoms with van der Waals surface area (Å²) in [6.45, 7) is 0.0806. The molecule has 23 heavy (non-hydrogen) atoms. The van der Waals surface area contributed by atoms with Gasteiger partial charge in [-0.25, -0.2) is 9.67 Å². The second-order valence-corrected chi connectivity index (χ2v) is 6.38. The van der Waals surface area contributed by atoms with Gasteiger partial charge in [0.05, 0.1) is 15.7 Å². The van der Waals surface area contributed by atoms with E-state index in [1.54, 1.807) is 10.7 Å². The van der Waals surface area contributed by atoms with Crippen LogP contribution in [0.4, 0.5) is 5.13 Å². The normalized spacial score (nSPS) is 11.2. The molecule has 0 spiro atoms. The summed E-state index contributed by atoms with van der Waals surface area (Å²) in [4.78, 5) is 16.6. The molecule has 0 aliphatic rings. The first-order valence-corrected chi connectivity index (χ1v) is 8.03. The fourth-order valence-corrected chi connectivity index (χ4v) is 3.44. The van der Waals surface area contributed by atoms with Crippen LogP contribution >= 0.6 is 22.9 Å². The highest BCUT2D eigenvalue weighted by Crippen LogP contribution is 2.28. The minimum absolute atomic E-state index is 0.0806. The summed E-state index contributed by atoms with van der Waals surface area (Å²) >= 11 is 7.34. The Kier molecular flexibility index (Phi) is 3.44. The zero-order valence-electron chi connectivity index (χ0n) is 11.7. The van der Waals surface area contributed by atoms with Crippen LogP contribution in [0.25, 0.3) is 21.3 Å². The Morgan fingerprint density at radius 2 is 2.09 bits per heavy atom. The summed E-state index contributed by atoms with van der Waals surface area (Å²) in [5, 5.41) is 12.0. The molecule has 0 radical (unpaired) electrons. The van der Waals surface area contributed by atoms with E-state index in [1.165, 1.54) is 11.3 Å². The molecule has 1 amide bonds. The Labute approximate surface area is 139 Å². The Morgan fingerprint density at radius 3 is 3.00 bits per heavy atom. The number of thiazole rings is 1. The highest BCUT2D eigenvalue weighted by molar-refractivity contribution is 7.22. The molecule has 4 aromatic rings. The molecular formula is C15H10ClN5OS. The first-order chi connectivity index (χ1) is 11.2. The topological polar surface area (TPSA) is 72.7 Å². The summed E-state index contributed by atoms with van der Waals surface area (Å²) in [5.41, 5.74) is 2.38. The lowest BCUT2D eigenvalue weighted by Gasteiger charge is -2.02. The van der Waals surface area contributed by atoms with E-state index < -0.39 is 0 Å². The van der Waals surface area contributed by atoms with Crippen LogP contribution in [0.5, 0.6) is 0 Å². The molecule has 0 fully saturated rings. The standard InChI is InChI=1S/C15H10ClN5OS/c16-9-5-6-11-13(7-9)23-15(17-11)18-14(22)8-21-12-4-2-1-3-10(12)19-20-21/h1-7H,8H2,(H,17,18,22). The van der Waals surface area contributed by atoms with Crippen LogP contribution in [-0.4, -0.2) is 25.9 Å². The van der Waals surface area contributed by atoms with Gasteiger partial charge in [0.15, 0.2) is 5.13 Å². The van der Waals surface area contributed by atoms with Crippen molar-refractivity contribution in [3.63, 3.8) is 0 Å². The van der Waals surface area contributed by atoms with Crippen LogP contribution in [0.3, 0.4) is 0 Å². The number of amides is 1. The summed E-state index contributed by atoms with van der Waals surface area (Å²) in [7, 11) is 0. The number of nitrogens with zero attached hydrogens (tertiary/aromatic N) is 4. The molecule has 2 heterocycles. The third-order valence-electron chi connectivity index (χ3n) is 3.31. The number of fused-ring (bicyclic) bond motifs is 2. The lowest BCUT2D eigenvalue weighted by molar-refractivity contribution is -0.116. The average Bonchev–Trinajstić information content (AvgIpc) is 3.11. The van der Waals surface area contributed by atoms with Crippen molar-refractivity contribution in [2.75, 3.05) is 5.32 Å². The molecule has 6 nitrogen and oxygen atoms in total. The molecule has 0 saturated heterocycles. The van der Waals surface area contributed by atoms with Gasteiger partial charge < -0.3 is 5.32 Å². The van der Waals surface area contributed by atoms with Gasteiger partial charge in [0, 0.05) is 5.02 Å². The number of nitrogens with one attached hydrogen (secondary N) is 1. The largest absolute Gasteiger partial charge is 0.300 e. The fraction of sp³-hybridized carbons (Fsp3) is 0.0667. The predicted molar refractivity (Wildman–Crippen MR) is 90.8 cm³/mol. The lowest BCUT2D eigenvalue weighted by atomic mass is 10.3. The summed E-state index contributed by atoms with van der Waals surface area (Å²) in [5.74, 6) is -0.203. The summed E-state index contributed by atoms with van der Waals surface area (Å²) in [6, 6.07) is 12.9. The molecule has 0 saturated carbocycles. The lowest BCUT2D eigenvalue weighted by Crippen LogP contribution is -2.19. The third-order valence-corrected chi connectivity index (χ3v) is 4.48. The van der Waals surface area contributed by atoms with E-state index in [-0.39, 0.29) is 12.5 Å². The maximum absolute atomic E-state index is 12.2. The highest BCUT2D eigenvalue weighted by atomic mass is 35.5. The van der Waals surface area contributed by atoms with Crippen molar-refractivity contribution in [3.8, 4) is 0 Å². The number of para-hydroxylation sites is 1. The minimum Gasteiger partial charge on any atom is -0.300 e. The van der Waals surface area contributed by atoms with E-state index in [2.05, 4.69) is 20.6 Å². The van der Waals surface area contributed by atoms with Gasteiger partial charge in [0.25, 0.3) is 0 Å². The summed E-state index contributed by atoms with van der Waals surface area (Å²) in [6.07, 6.45) is 0. The van der Waals surface area contributed by atoms with E-state index in [0.717, 1.165) is 21.3 Å². The van der Waals surface area contributed by atoms with Crippen LogP contribution in [0.15, 0.2) is 42.5 Å². The minimum atomic E-state index is -0.203. The highest BCUT2D eigenvalue weighted by Gasteiger charge is 2.11. The van der Waals surface area contributed by atoms with Gasteiger partial charge in [-0.15, -0.1) is 5.10 Å². The van der Waals surface area contributed by atoms with Crippen molar-refractivity contribution >= 4 is 55.2 Å². The number of carbonyl (C=O) groups is 1. The Hall–Kier alpha value is -2.51. The van der Waals surface area contributed by atoms with Crippen LogP contribution < -0.4 is 5.32 Å². The summed E-state index contributed by atoms with van der Waals surface area (Å²) < 4.78 is 2.49. The van der Waals surface area contributed by atoms with E-state index in [1.807, 2.05) is 36.4 Å². The molecule has 0 bridgehead atoms. The zero-order chi connectivity index (χ0) is 15.8. The predicted octanol–water partition coefficient (Wildman–Crippen LogP) is 3.33. The van der Waals surface area contributed by atoms with Gasteiger partial charge >= 0.3 is 0 Å². The first kappa shape index (κ1) is 14.1. The number of halogens is 1.